The van der Waals surface area contributed by atoms with Gasteiger partial charge < -0.3 is 10.6 Å². The molecule has 1 heterocycles. The first kappa shape index (κ1) is 19.6. The van der Waals surface area contributed by atoms with Crippen molar-refractivity contribution < 1.29 is 0 Å². The molecule has 0 aliphatic heterocycles. The van der Waals surface area contributed by atoms with Gasteiger partial charge in [-0.3, -0.25) is 0 Å². The van der Waals surface area contributed by atoms with E-state index in [9.17, 15) is 0 Å². The second-order valence-electron chi connectivity index (χ2n) is 4.62. The Morgan fingerprint density at radius 1 is 1.30 bits per heavy atom. The molecular weight excluding hydrogens is 383 g/mol. The molecule has 0 amide bonds. The van der Waals surface area contributed by atoms with Crippen LogP contribution in [0.2, 0.25) is 0 Å². The standard InChI is InChI=1S/C14H26N4S.HI/c1-5-12(6-2)8-16-14(15-7-3)17-9-13-11(4)18-10-19-13;/h10,12H,5-9H2,1-4H3,(H2,15,16,17);1H. The molecule has 0 unspecified atom stereocenters. The summed E-state index contributed by atoms with van der Waals surface area (Å²) in [7, 11) is 0. The molecule has 20 heavy (non-hydrogen) atoms. The fraction of sp³-hybridized carbons (Fsp3) is 0.714. The molecule has 0 aliphatic rings. The number of halogens is 1. The minimum Gasteiger partial charge on any atom is -0.357 e. The second-order valence-corrected chi connectivity index (χ2v) is 5.56. The van der Waals surface area contributed by atoms with E-state index in [1.165, 1.54) is 17.7 Å². The molecule has 0 radical (unpaired) electrons. The number of nitrogens with zero attached hydrogens (tertiary/aromatic N) is 2. The minimum absolute atomic E-state index is 0. The van der Waals surface area contributed by atoms with Crippen molar-refractivity contribution in [1.82, 2.24) is 15.6 Å². The summed E-state index contributed by atoms with van der Waals surface area (Å²) >= 11 is 1.67. The summed E-state index contributed by atoms with van der Waals surface area (Å²) in [6.07, 6.45) is 2.41. The van der Waals surface area contributed by atoms with Crippen LogP contribution in [-0.2, 0) is 6.54 Å². The van der Waals surface area contributed by atoms with Gasteiger partial charge in [-0.25, -0.2) is 9.98 Å². The zero-order valence-corrected chi connectivity index (χ0v) is 16.0. The molecule has 0 spiro atoms. The fourth-order valence-electron chi connectivity index (χ4n) is 1.79. The fourth-order valence-corrected chi connectivity index (χ4v) is 2.49. The highest BCUT2D eigenvalue weighted by atomic mass is 127. The Balaban J connectivity index is 0.00000361. The van der Waals surface area contributed by atoms with Crippen molar-refractivity contribution in [2.45, 2.75) is 47.1 Å². The smallest absolute Gasteiger partial charge is 0.191 e. The van der Waals surface area contributed by atoms with Crippen LogP contribution in [0.15, 0.2) is 10.5 Å². The van der Waals surface area contributed by atoms with Crippen LogP contribution in [0.3, 0.4) is 0 Å². The van der Waals surface area contributed by atoms with Gasteiger partial charge in [0.05, 0.1) is 17.7 Å². The van der Waals surface area contributed by atoms with Gasteiger partial charge in [0.15, 0.2) is 5.96 Å². The van der Waals surface area contributed by atoms with E-state index < -0.39 is 0 Å². The highest BCUT2D eigenvalue weighted by Crippen LogP contribution is 2.13. The van der Waals surface area contributed by atoms with E-state index in [0.717, 1.165) is 24.7 Å². The van der Waals surface area contributed by atoms with E-state index in [4.69, 9.17) is 0 Å². The molecular formula is C14H27IN4S. The van der Waals surface area contributed by atoms with Gasteiger partial charge in [-0.2, -0.15) is 0 Å². The molecule has 0 aromatic carbocycles. The molecule has 1 aromatic heterocycles. The van der Waals surface area contributed by atoms with E-state index in [1.54, 1.807) is 11.3 Å². The number of aliphatic imine (C=N–C) groups is 1. The van der Waals surface area contributed by atoms with Crippen molar-refractivity contribution in [3.05, 3.63) is 16.1 Å². The summed E-state index contributed by atoms with van der Waals surface area (Å²) in [6, 6.07) is 0. The van der Waals surface area contributed by atoms with Crippen LogP contribution in [0.4, 0.5) is 0 Å². The first-order chi connectivity index (χ1) is 9.21. The number of nitrogens with one attached hydrogen (secondary N) is 2. The maximum Gasteiger partial charge on any atom is 0.191 e. The highest BCUT2D eigenvalue weighted by molar-refractivity contribution is 14.0. The Morgan fingerprint density at radius 3 is 2.50 bits per heavy atom. The van der Waals surface area contributed by atoms with Crippen molar-refractivity contribution in [3.63, 3.8) is 0 Å². The summed E-state index contributed by atoms with van der Waals surface area (Å²) in [6.45, 7) is 11.2. The van der Waals surface area contributed by atoms with Crippen LogP contribution < -0.4 is 10.6 Å². The maximum atomic E-state index is 4.62. The number of rotatable bonds is 7. The summed E-state index contributed by atoms with van der Waals surface area (Å²) < 4.78 is 0. The first-order valence-corrected chi connectivity index (χ1v) is 8.00. The van der Waals surface area contributed by atoms with Crippen molar-refractivity contribution >= 4 is 41.3 Å². The quantitative estimate of drug-likeness (QED) is 0.411. The number of thiazole rings is 1. The van der Waals surface area contributed by atoms with Crippen LogP contribution >= 0.6 is 35.3 Å². The summed E-state index contributed by atoms with van der Waals surface area (Å²) in [5.41, 5.74) is 2.97. The van der Waals surface area contributed by atoms with Gasteiger partial charge in [0.25, 0.3) is 0 Å². The van der Waals surface area contributed by atoms with E-state index in [0.29, 0.717) is 12.5 Å². The zero-order chi connectivity index (χ0) is 14.1. The lowest BCUT2D eigenvalue weighted by Gasteiger charge is -2.16. The van der Waals surface area contributed by atoms with Gasteiger partial charge in [-0.15, -0.1) is 35.3 Å². The van der Waals surface area contributed by atoms with Crippen LogP contribution in [0, 0.1) is 12.8 Å². The molecule has 1 rings (SSSR count). The van der Waals surface area contributed by atoms with Gasteiger partial charge in [-0.1, -0.05) is 26.7 Å². The Morgan fingerprint density at radius 2 is 2.00 bits per heavy atom. The monoisotopic (exact) mass is 410 g/mol. The summed E-state index contributed by atoms with van der Waals surface area (Å²) in [4.78, 5) is 10.1. The molecule has 116 valence electrons. The molecule has 0 bridgehead atoms. The van der Waals surface area contributed by atoms with E-state index in [-0.39, 0.29) is 24.0 Å². The van der Waals surface area contributed by atoms with Crippen LogP contribution in [0.1, 0.15) is 44.2 Å². The van der Waals surface area contributed by atoms with E-state index in [2.05, 4.69) is 41.4 Å². The third kappa shape index (κ3) is 6.88. The highest BCUT2D eigenvalue weighted by Gasteiger charge is 2.05. The average molecular weight is 410 g/mol. The maximum absolute atomic E-state index is 4.62. The lowest BCUT2D eigenvalue weighted by Crippen LogP contribution is -2.39. The lowest BCUT2D eigenvalue weighted by atomic mass is 10.0. The van der Waals surface area contributed by atoms with Crippen molar-refractivity contribution in [2.75, 3.05) is 13.1 Å². The largest absolute Gasteiger partial charge is 0.357 e. The molecule has 0 saturated carbocycles. The van der Waals surface area contributed by atoms with E-state index >= 15 is 0 Å². The van der Waals surface area contributed by atoms with Crippen molar-refractivity contribution in [1.29, 1.82) is 0 Å². The molecule has 1 aromatic rings. The van der Waals surface area contributed by atoms with Gasteiger partial charge in [-0.05, 0) is 19.8 Å². The number of guanidine groups is 1. The van der Waals surface area contributed by atoms with Gasteiger partial charge in [0.1, 0.15) is 0 Å². The van der Waals surface area contributed by atoms with Gasteiger partial charge in [0.2, 0.25) is 0 Å². The molecule has 0 fully saturated rings. The molecule has 2 N–H and O–H groups in total. The molecule has 4 nitrogen and oxygen atoms in total. The molecule has 6 heteroatoms. The molecule has 0 atom stereocenters. The third-order valence-electron chi connectivity index (χ3n) is 3.28. The Kier molecular flexibility index (Phi) is 11.1. The second kappa shape index (κ2) is 11.3. The number of aryl methyl sites for hydroxylation is 1. The normalized spacial score (nSPS) is 11.3. The predicted molar refractivity (Wildman–Crippen MR) is 99.2 cm³/mol. The molecule has 0 saturated heterocycles. The number of hydrogen-bond acceptors (Lipinski definition) is 3. The van der Waals surface area contributed by atoms with Gasteiger partial charge in [0, 0.05) is 18.0 Å². The van der Waals surface area contributed by atoms with Gasteiger partial charge >= 0.3 is 0 Å². The third-order valence-corrected chi connectivity index (χ3v) is 4.20. The van der Waals surface area contributed by atoms with E-state index in [1.807, 2.05) is 12.4 Å². The Hall–Kier alpha value is -0.370. The van der Waals surface area contributed by atoms with Crippen LogP contribution in [-0.4, -0.2) is 24.0 Å². The summed E-state index contributed by atoms with van der Waals surface area (Å²) in [5.74, 6) is 1.62. The topological polar surface area (TPSA) is 49.3 Å². The van der Waals surface area contributed by atoms with Crippen LogP contribution in [0.5, 0.6) is 0 Å². The van der Waals surface area contributed by atoms with Crippen molar-refractivity contribution in [3.8, 4) is 0 Å². The Labute approximate surface area is 143 Å². The molecule has 0 aliphatic carbocycles. The first-order valence-electron chi connectivity index (χ1n) is 7.12. The number of hydrogen-bond donors (Lipinski definition) is 2. The average Bonchev–Trinajstić information content (AvgIpc) is 2.82. The number of aromatic nitrogens is 1. The van der Waals surface area contributed by atoms with Crippen molar-refractivity contribution in [2.24, 2.45) is 10.9 Å². The predicted octanol–water partition coefficient (Wildman–Crippen LogP) is 3.56. The summed E-state index contributed by atoms with van der Waals surface area (Å²) in [5, 5.41) is 6.72. The zero-order valence-electron chi connectivity index (χ0n) is 12.9. The SMILES string of the molecule is CCNC(=NCc1scnc1C)NCC(CC)CC.I. The minimum atomic E-state index is 0. The Bertz CT molecular complexity index is 388. The lowest BCUT2D eigenvalue weighted by molar-refractivity contribution is 0.481. The van der Waals surface area contributed by atoms with Crippen LogP contribution in [0.25, 0.3) is 0 Å².